The Bertz CT molecular complexity index is 159. The first kappa shape index (κ1) is 11.7. The lowest BCUT2D eigenvalue weighted by molar-refractivity contribution is -0.128. The molecule has 0 aromatic carbocycles. The van der Waals surface area contributed by atoms with Crippen LogP contribution in [0.1, 0.15) is 26.2 Å². The number of nitrogens with zero attached hydrogens (tertiary/aromatic N) is 1. The van der Waals surface area contributed by atoms with E-state index >= 15 is 0 Å². The summed E-state index contributed by atoms with van der Waals surface area (Å²) in [6.07, 6.45) is 6.77. The second-order valence-electron chi connectivity index (χ2n) is 2.44. The first-order valence-electron chi connectivity index (χ1n) is 4.40. The topological polar surface area (TPSA) is 55.0 Å². The zero-order valence-corrected chi connectivity index (χ0v) is 7.90. The van der Waals surface area contributed by atoms with E-state index in [9.17, 15) is 4.79 Å². The van der Waals surface area contributed by atoms with E-state index in [-0.39, 0.29) is 0 Å². The van der Waals surface area contributed by atoms with E-state index in [1.165, 1.54) is 6.42 Å². The number of carbonyl (C=O) groups excluding carboxylic acids is 1. The molecule has 1 N–H and O–H groups in total. The van der Waals surface area contributed by atoms with Gasteiger partial charge in [0.1, 0.15) is 0 Å². The quantitative estimate of drug-likeness (QED) is 0.560. The van der Waals surface area contributed by atoms with Gasteiger partial charge in [0.15, 0.2) is 0 Å². The van der Waals surface area contributed by atoms with Crippen molar-refractivity contribution in [2.75, 3.05) is 6.61 Å². The van der Waals surface area contributed by atoms with Gasteiger partial charge in [-0.25, -0.2) is 0 Å². The standard InChI is InChI=1S/C6H12O2.C3H4N2/c1-2-3-4-5-8-6-7;1-2-4-5-3-1/h6H,2-5H2,1H3;1-3H,(H,4,5). The Morgan fingerprint density at radius 2 is 2.38 bits per heavy atom. The zero-order valence-electron chi connectivity index (χ0n) is 7.90. The van der Waals surface area contributed by atoms with Gasteiger partial charge >= 0.3 is 0 Å². The third kappa shape index (κ3) is 10.7. The molecular weight excluding hydrogens is 168 g/mol. The lowest BCUT2D eigenvalue weighted by atomic mass is 10.3. The van der Waals surface area contributed by atoms with Gasteiger partial charge in [0, 0.05) is 12.4 Å². The summed E-state index contributed by atoms with van der Waals surface area (Å²) >= 11 is 0. The number of hydrogen-bond acceptors (Lipinski definition) is 3. The van der Waals surface area contributed by atoms with Crippen molar-refractivity contribution < 1.29 is 9.53 Å². The van der Waals surface area contributed by atoms with Crippen molar-refractivity contribution in [3.8, 4) is 0 Å². The van der Waals surface area contributed by atoms with Crippen LogP contribution in [-0.2, 0) is 9.53 Å². The number of hydrogen-bond donors (Lipinski definition) is 1. The maximum Gasteiger partial charge on any atom is 0.293 e. The second-order valence-corrected chi connectivity index (χ2v) is 2.44. The van der Waals surface area contributed by atoms with Crippen molar-refractivity contribution in [1.82, 2.24) is 10.2 Å². The van der Waals surface area contributed by atoms with Gasteiger partial charge in [-0.2, -0.15) is 5.10 Å². The first-order valence-corrected chi connectivity index (χ1v) is 4.40. The minimum absolute atomic E-state index is 0.496. The van der Waals surface area contributed by atoms with Crippen molar-refractivity contribution >= 4 is 6.47 Å². The molecule has 4 nitrogen and oxygen atoms in total. The first-order chi connectivity index (χ1) is 6.41. The van der Waals surface area contributed by atoms with E-state index in [0.29, 0.717) is 13.1 Å². The lowest BCUT2D eigenvalue weighted by Crippen LogP contribution is -1.89. The smallest absolute Gasteiger partial charge is 0.293 e. The Morgan fingerprint density at radius 3 is 2.77 bits per heavy atom. The van der Waals surface area contributed by atoms with E-state index < -0.39 is 0 Å². The van der Waals surface area contributed by atoms with Crippen molar-refractivity contribution in [3.63, 3.8) is 0 Å². The number of nitrogens with one attached hydrogen (secondary N) is 1. The van der Waals surface area contributed by atoms with Gasteiger partial charge in [-0.15, -0.1) is 0 Å². The molecule has 0 bridgehead atoms. The van der Waals surface area contributed by atoms with Crippen LogP contribution in [0.4, 0.5) is 0 Å². The predicted molar refractivity (Wildman–Crippen MR) is 50.1 cm³/mol. The molecule has 1 aromatic heterocycles. The molecular formula is C9H16N2O2. The summed E-state index contributed by atoms with van der Waals surface area (Å²) in [5, 5.41) is 6.21. The highest BCUT2D eigenvalue weighted by molar-refractivity contribution is 5.36. The Labute approximate surface area is 78.3 Å². The summed E-state index contributed by atoms with van der Waals surface area (Å²) < 4.78 is 4.46. The van der Waals surface area contributed by atoms with Crippen molar-refractivity contribution in [2.45, 2.75) is 26.2 Å². The van der Waals surface area contributed by atoms with Crippen LogP contribution >= 0.6 is 0 Å². The summed E-state index contributed by atoms with van der Waals surface area (Å²) in [6.45, 7) is 3.19. The van der Waals surface area contributed by atoms with Crippen LogP contribution in [0.25, 0.3) is 0 Å². The molecule has 0 aliphatic heterocycles. The van der Waals surface area contributed by atoms with Crippen LogP contribution in [0, 0.1) is 0 Å². The Hall–Kier alpha value is -1.32. The Morgan fingerprint density at radius 1 is 1.54 bits per heavy atom. The molecule has 13 heavy (non-hydrogen) atoms. The molecule has 0 aliphatic carbocycles. The number of aromatic amines is 1. The fourth-order valence-electron chi connectivity index (χ4n) is 0.699. The molecule has 1 rings (SSSR count). The average molecular weight is 184 g/mol. The second kappa shape index (κ2) is 10.7. The fraction of sp³-hybridized carbons (Fsp3) is 0.556. The third-order valence-corrected chi connectivity index (χ3v) is 1.34. The highest BCUT2D eigenvalue weighted by atomic mass is 16.5. The van der Waals surface area contributed by atoms with Crippen LogP contribution in [0.3, 0.4) is 0 Å². The molecule has 0 radical (unpaired) electrons. The zero-order chi connectivity index (χ0) is 9.78. The molecule has 0 saturated heterocycles. The molecule has 74 valence electrons. The van der Waals surface area contributed by atoms with E-state index in [4.69, 9.17) is 0 Å². The van der Waals surface area contributed by atoms with Gasteiger partial charge in [0.05, 0.1) is 6.61 Å². The molecule has 0 atom stereocenters. The highest BCUT2D eigenvalue weighted by Gasteiger charge is 1.82. The maximum atomic E-state index is 9.55. The average Bonchev–Trinajstić information content (AvgIpc) is 2.70. The summed E-state index contributed by atoms with van der Waals surface area (Å²) in [7, 11) is 0. The SMILES string of the molecule is CCCCCOC=O.c1cn[nH]c1. The van der Waals surface area contributed by atoms with E-state index in [0.717, 1.165) is 12.8 Å². The highest BCUT2D eigenvalue weighted by Crippen LogP contribution is 1.91. The minimum Gasteiger partial charge on any atom is -0.468 e. The number of unbranched alkanes of at least 4 members (excludes halogenated alkanes) is 2. The summed E-state index contributed by atoms with van der Waals surface area (Å²) in [5.74, 6) is 0. The molecule has 0 fully saturated rings. The molecule has 1 heterocycles. The van der Waals surface area contributed by atoms with E-state index in [1.54, 1.807) is 12.4 Å². The number of aromatic nitrogens is 2. The molecule has 4 heteroatoms. The monoisotopic (exact) mass is 184 g/mol. The van der Waals surface area contributed by atoms with Crippen LogP contribution in [0.5, 0.6) is 0 Å². The number of ether oxygens (including phenoxy) is 1. The van der Waals surface area contributed by atoms with Crippen LogP contribution in [0.2, 0.25) is 0 Å². The lowest BCUT2D eigenvalue weighted by Gasteiger charge is -1.93. The summed E-state index contributed by atoms with van der Waals surface area (Å²) in [5.41, 5.74) is 0. The fourth-order valence-corrected chi connectivity index (χ4v) is 0.699. The molecule has 0 amide bonds. The normalized spacial score (nSPS) is 8.38. The molecule has 0 spiro atoms. The van der Waals surface area contributed by atoms with Gasteiger partial charge in [-0.3, -0.25) is 9.89 Å². The van der Waals surface area contributed by atoms with Crippen molar-refractivity contribution in [2.24, 2.45) is 0 Å². The largest absolute Gasteiger partial charge is 0.468 e. The van der Waals surface area contributed by atoms with Gasteiger partial charge in [0.25, 0.3) is 6.47 Å². The van der Waals surface area contributed by atoms with Crippen LogP contribution in [0.15, 0.2) is 18.5 Å². The molecule has 0 saturated carbocycles. The van der Waals surface area contributed by atoms with Crippen molar-refractivity contribution in [3.05, 3.63) is 18.5 Å². The Balaban J connectivity index is 0.000000243. The predicted octanol–water partition coefficient (Wildman–Crippen LogP) is 1.76. The van der Waals surface area contributed by atoms with Gasteiger partial charge in [-0.05, 0) is 12.5 Å². The molecule has 1 aromatic rings. The van der Waals surface area contributed by atoms with E-state index in [1.807, 2.05) is 6.07 Å². The third-order valence-electron chi connectivity index (χ3n) is 1.34. The van der Waals surface area contributed by atoms with Gasteiger partial charge < -0.3 is 4.74 Å². The summed E-state index contributed by atoms with van der Waals surface area (Å²) in [4.78, 5) is 9.55. The van der Waals surface area contributed by atoms with Crippen molar-refractivity contribution in [1.29, 1.82) is 0 Å². The Kier molecular flexibility index (Phi) is 9.60. The minimum atomic E-state index is 0.496. The summed E-state index contributed by atoms with van der Waals surface area (Å²) in [6, 6.07) is 1.83. The number of H-pyrrole nitrogens is 1. The molecule has 0 unspecified atom stereocenters. The maximum absolute atomic E-state index is 9.55. The number of rotatable bonds is 5. The number of carbonyl (C=O) groups is 1. The molecule has 0 aliphatic rings. The van der Waals surface area contributed by atoms with Crippen LogP contribution in [-0.4, -0.2) is 23.3 Å². The van der Waals surface area contributed by atoms with E-state index in [2.05, 4.69) is 21.9 Å². The van der Waals surface area contributed by atoms with Gasteiger partial charge in [-0.1, -0.05) is 19.8 Å². The van der Waals surface area contributed by atoms with Gasteiger partial charge in [0.2, 0.25) is 0 Å². The van der Waals surface area contributed by atoms with Crippen LogP contribution < -0.4 is 0 Å².